The number of likely N-dealkylation sites (tertiary alicyclic amines) is 1. The van der Waals surface area contributed by atoms with Crippen LogP contribution in [0, 0.1) is 5.92 Å². The van der Waals surface area contributed by atoms with Crippen molar-refractivity contribution in [2.75, 3.05) is 13.1 Å². The van der Waals surface area contributed by atoms with Crippen molar-refractivity contribution in [1.82, 2.24) is 10.2 Å². The maximum Gasteiger partial charge on any atom is 0.410 e. The van der Waals surface area contributed by atoms with E-state index in [-0.39, 0.29) is 12.5 Å². The Balaban J connectivity index is 1.84. The van der Waals surface area contributed by atoms with Crippen LogP contribution in [-0.2, 0) is 20.9 Å². The van der Waals surface area contributed by atoms with Gasteiger partial charge in [0.05, 0.1) is 0 Å². The van der Waals surface area contributed by atoms with Crippen molar-refractivity contribution in [3.8, 4) is 0 Å². The lowest BCUT2D eigenvalue weighted by Gasteiger charge is -2.35. The molecule has 1 aliphatic heterocycles. The summed E-state index contributed by atoms with van der Waals surface area (Å²) >= 11 is 0. The van der Waals surface area contributed by atoms with Crippen LogP contribution in [0.15, 0.2) is 30.3 Å². The summed E-state index contributed by atoms with van der Waals surface area (Å²) in [5.74, 6) is -1.41. The van der Waals surface area contributed by atoms with E-state index in [9.17, 15) is 19.5 Å². The van der Waals surface area contributed by atoms with Gasteiger partial charge in [-0.2, -0.15) is 0 Å². The number of nitrogens with zero attached hydrogens (tertiary/aromatic N) is 1. The molecule has 2 N–H and O–H groups in total. The van der Waals surface area contributed by atoms with Gasteiger partial charge in [-0.25, -0.2) is 14.4 Å². The minimum absolute atomic E-state index is 0.0656. The van der Waals surface area contributed by atoms with Crippen LogP contribution in [0.5, 0.6) is 0 Å². The second-order valence-corrected chi connectivity index (χ2v) is 7.83. The van der Waals surface area contributed by atoms with Crippen LogP contribution < -0.4 is 5.32 Å². The van der Waals surface area contributed by atoms with E-state index >= 15 is 0 Å². The van der Waals surface area contributed by atoms with Crippen LogP contribution in [0.4, 0.5) is 9.59 Å². The highest BCUT2D eigenvalue weighted by atomic mass is 16.6. The van der Waals surface area contributed by atoms with Crippen LogP contribution in [-0.4, -0.2) is 52.9 Å². The van der Waals surface area contributed by atoms with Crippen molar-refractivity contribution >= 4 is 18.2 Å². The first-order valence-corrected chi connectivity index (χ1v) is 9.33. The fraction of sp³-hybridized carbons (Fsp3) is 0.550. The third-order valence-corrected chi connectivity index (χ3v) is 4.41. The quantitative estimate of drug-likeness (QED) is 0.798. The molecule has 1 atom stereocenters. The van der Waals surface area contributed by atoms with Gasteiger partial charge in [-0.3, -0.25) is 0 Å². The lowest BCUT2D eigenvalue weighted by molar-refractivity contribution is -0.141. The summed E-state index contributed by atoms with van der Waals surface area (Å²) in [6.45, 7) is 6.21. The molecule has 2 rings (SSSR count). The Labute approximate surface area is 164 Å². The maximum absolute atomic E-state index is 12.1. The van der Waals surface area contributed by atoms with E-state index in [4.69, 9.17) is 9.47 Å². The summed E-state index contributed by atoms with van der Waals surface area (Å²) in [7, 11) is 0. The van der Waals surface area contributed by atoms with E-state index in [1.807, 2.05) is 30.3 Å². The van der Waals surface area contributed by atoms with Gasteiger partial charge >= 0.3 is 18.2 Å². The van der Waals surface area contributed by atoms with Gasteiger partial charge in [0.15, 0.2) is 0 Å². The van der Waals surface area contributed by atoms with Gasteiger partial charge in [-0.1, -0.05) is 30.3 Å². The summed E-state index contributed by atoms with van der Waals surface area (Å²) in [6.07, 6.45) is -0.274. The Morgan fingerprint density at radius 3 is 2.32 bits per heavy atom. The summed E-state index contributed by atoms with van der Waals surface area (Å²) in [6, 6.07) is 8.07. The Kier molecular flexibility index (Phi) is 7.25. The number of carboxylic acid groups (broad SMARTS) is 1. The van der Waals surface area contributed by atoms with Gasteiger partial charge in [0.25, 0.3) is 0 Å². The van der Waals surface area contributed by atoms with Gasteiger partial charge in [-0.15, -0.1) is 0 Å². The topological polar surface area (TPSA) is 105 Å². The van der Waals surface area contributed by atoms with Gasteiger partial charge in [0.1, 0.15) is 18.2 Å². The first kappa shape index (κ1) is 21.5. The zero-order valence-corrected chi connectivity index (χ0v) is 16.5. The number of carbonyl (C=O) groups excluding carboxylic acids is 2. The molecule has 1 aliphatic rings. The van der Waals surface area contributed by atoms with Crippen molar-refractivity contribution in [3.63, 3.8) is 0 Å². The number of carbonyl (C=O) groups is 3. The third-order valence-electron chi connectivity index (χ3n) is 4.41. The second kappa shape index (κ2) is 9.43. The number of benzene rings is 1. The van der Waals surface area contributed by atoms with E-state index in [0.29, 0.717) is 25.9 Å². The predicted molar refractivity (Wildman–Crippen MR) is 102 cm³/mol. The number of rotatable bonds is 5. The molecular weight excluding hydrogens is 364 g/mol. The molecule has 0 spiro atoms. The molecule has 1 fully saturated rings. The molecule has 2 amide bonds. The smallest absolute Gasteiger partial charge is 0.410 e. The molecule has 8 heteroatoms. The first-order valence-electron chi connectivity index (χ1n) is 9.33. The molecule has 0 unspecified atom stereocenters. The van der Waals surface area contributed by atoms with Crippen LogP contribution in [0.1, 0.15) is 39.2 Å². The van der Waals surface area contributed by atoms with Crippen LogP contribution in [0.3, 0.4) is 0 Å². The van der Waals surface area contributed by atoms with E-state index in [1.165, 1.54) is 0 Å². The molecule has 0 bridgehead atoms. The number of hydrogen-bond donors (Lipinski definition) is 2. The van der Waals surface area contributed by atoms with Crippen molar-refractivity contribution in [2.45, 2.75) is 51.9 Å². The fourth-order valence-corrected chi connectivity index (χ4v) is 3.01. The highest BCUT2D eigenvalue weighted by Crippen LogP contribution is 2.23. The van der Waals surface area contributed by atoms with Crippen LogP contribution in [0.25, 0.3) is 0 Å². The van der Waals surface area contributed by atoms with Crippen molar-refractivity contribution in [1.29, 1.82) is 0 Å². The Hall–Kier alpha value is -2.77. The summed E-state index contributed by atoms with van der Waals surface area (Å²) in [4.78, 5) is 37.3. The fourth-order valence-electron chi connectivity index (χ4n) is 3.01. The van der Waals surface area contributed by atoms with Crippen molar-refractivity contribution < 1.29 is 29.0 Å². The number of nitrogens with one attached hydrogen (secondary N) is 1. The van der Waals surface area contributed by atoms with Gasteiger partial charge in [0.2, 0.25) is 0 Å². The third kappa shape index (κ3) is 6.75. The molecule has 1 aromatic rings. The van der Waals surface area contributed by atoms with Crippen molar-refractivity contribution in [3.05, 3.63) is 35.9 Å². The molecule has 1 saturated heterocycles. The number of piperidine rings is 1. The molecule has 154 valence electrons. The standard InChI is InChI=1S/C20H28N2O6/c1-20(2,3)28-19(26)22-11-9-15(10-12-22)16(17(23)24)21-18(25)27-13-14-7-5-4-6-8-14/h4-8,15-16H,9-13H2,1-3H3,(H,21,25)(H,23,24)/t16-/m1/s1. The minimum atomic E-state index is -1.12. The number of alkyl carbamates (subject to hydrolysis) is 1. The molecule has 0 aromatic heterocycles. The molecular formula is C20H28N2O6. The molecule has 0 aliphatic carbocycles. The first-order chi connectivity index (χ1) is 13.2. The average molecular weight is 392 g/mol. The minimum Gasteiger partial charge on any atom is -0.480 e. The van der Waals surface area contributed by atoms with E-state index in [1.54, 1.807) is 25.7 Å². The summed E-state index contributed by atoms with van der Waals surface area (Å²) in [5.41, 5.74) is 0.233. The molecule has 1 aromatic carbocycles. The molecule has 0 saturated carbocycles. The zero-order chi connectivity index (χ0) is 20.7. The van der Waals surface area contributed by atoms with Crippen molar-refractivity contribution in [2.24, 2.45) is 5.92 Å². The van der Waals surface area contributed by atoms with Gasteiger partial charge in [0, 0.05) is 13.1 Å². The normalized spacial score (nSPS) is 16.2. The van der Waals surface area contributed by atoms with E-state index < -0.39 is 29.8 Å². The lowest BCUT2D eigenvalue weighted by Crippen LogP contribution is -2.51. The number of amides is 2. The lowest BCUT2D eigenvalue weighted by atomic mass is 9.89. The highest BCUT2D eigenvalue weighted by molar-refractivity contribution is 5.80. The summed E-state index contributed by atoms with van der Waals surface area (Å²) in [5, 5.41) is 12.0. The number of carboxylic acids is 1. The Morgan fingerprint density at radius 2 is 1.79 bits per heavy atom. The second-order valence-electron chi connectivity index (χ2n) is 7.83. The van der Waals surface area contributed by atoms with Crippen LogP contribution >= 0.6 is 0 Å². The molecule has 8 nitrogen and oxygen atoms in total. The average Bonchev–Trinajstić information content (AvgIpc) is 2.64. The highest BCUT2D eigenvalue weighted by Gasteiger charge is 2.35. The molecule has 28 heavy (non-hydrogen) atoms. The summed E-state index contributed by atoms with van der Waals surface area (Å²) < 4.78 is 10.5. The Bertz CT molecular complexity index is 678. The van der Waals surface area contributed by atoms with Gasteiger partial charge < -0.3 is 24.8 Å². The van der Waals surface area contributed by atoms with Crippen LogP contribution in [0.2, 0.25) is 0 Å². The molecule has 0 radical (unpaired) electrons. The number of hydrogen-bond acceptors (Lipinski definition) is 5. The SMILES string of the molecule is CC(C)(C)OC(=O)N1CCC([C@@H](NC(=O)OCc2ccccc2)C(=O)O)CC1. The van der Waals surface area contributed by atoms with Gasteiger partial charge in [-0.05, 0) is 45.1 Å². The Morgan fingerprint density at radius 1 is 1.18 bits per heavy atom. The van der Waals surface area contributed by atoms with E-state index in [0.717, 1.165) is 5.56 Å². The van der Waals surface area contributed by atoms with E-state index in [2.05, 4.69) is 5.32 Å². The monoisotopic (exact) mass is 392 g/mol. The number of ether oxygens (including phenoxy) is 2. The zero-order valence-electron chi connectivity index (χ0n) is 16.5. The largest absolute Gasteiger partial charge is 0.480 e. The molecule has 1 heterocycles. The number of aliphatic carboxylic acids is 1. The maximum atomic E-state index is 12.1. The predicted octanol–water partition coefficient (Wildman–Crippen LogP) is 3.01.